The second kappa shape index (κ2) is 29.2. The normalized spacial score (nSPS) is 11.8. The van der Waals surface area contributed by atoms with Crippen molar-refractivity contribution in [2.24, 2.45) is 17.8 Å². The van der Waals surface area contributed by atoms with Crippen LogP contribution in [-0.4, -0.2) is 34.5 Å². The molecule has 0 saturated heterocycles. The minimum Gasteiger partial charge on any atom is -0.328 e. The topological polar surface area (TPSA) is 88.4 Å². The molecule has 35 heavy (non-hydrogen) atoms. The maximum atomic E-state index is 7.23. The van der Waals surface area contributed by atoms with Gasteiger partial charge in [-0.2, -0.15) is 0 Å². The van der Waals surface area contributed by atoms with Crippen LogP contribution in [0.15, 0.2) is 0 Å². The summed E-state index contributed by atoms with van der Waals surface area (Å²) in [6.45, 7) is 16.2. The van der Waals surface area contributed by atoms with E-state index in [4.69, 9.17) is 28.3 Å². The molecule has 0 fully saturated rings. The third-order valence-electron chi connectivity index (χ3n) is 5.62. The van der Waals surface area contributed by atoms with E-state index in [1.807, 2.05) is 0 Å². The summed E-state index contributed by atoms with van der Waals surface area (Å²) in [4.78, 5) is 21.7. The Morgan fingerprint density at radius 2 is 0.657 bits per heavy atom. The highest BCUT2D eigenvalue weighted by Gasteiger charge is 2.12. The van der Waals surface area contributed by atoms with Crippen LogP contribution in [0.25, 0.3) is 0 Å². The van der Waals surface area contributed by atoms with Crippen LogP contribution < -0.4 is 0 Å². The summed E-state index contributed by atoms with van der Waals surface area (Å²) in [5.41, 5.74) is 0. The highest BCUT2D eigenvalue weighted by Crippen LogP contribution is 2.40. The number of hydrogen-bond donors (Lipinski definition) is 3. The fourth-order valence-electron chi connectivity index (χ4n) is 3.55. The van der Waals surface area contributed by atoms with E-state index < -0.39 is 17.2 Å². The maximum absolute atomic E-state index is 7.23. The molecule has 0 atom stereocenters. The molecule has 8 heteroatoms. The van der Waals surface area contributed by atoms with Crippen LogP contribution in [-0.2, 0) is 13.6 Å². The van der Waals surface area contributed by atoms with E-state index in [9.17, 15) is 0 Å². The van der Waals surface area contributed by atoms with Gasteiger partial charge < -0.3 is 28.3 Å². The highest BCUT2D eigenvalue weighted by atomic mass is 31.2. The van der Waals surface area contributed by atoms with Gasteiger partial charge >= 0.3 is 17.2 Å². The SMILES string of the molecule is CC(C)CCCCCCOP(OCCCCCCC(C)C)OCCCCCCC(C)C.OP(O)O. The molecular formula is C27H60O6P2. The van der Waals surface area contributed by atoms with Crippen molar-refractivity contribution in [3.63, 3.8) is 0 Å². The zero-order chi connectivity index (χ0) is 26.7. The van der Waals surface area contributed by atoms with E-state index in [0.29, 0.717) is 0 Å². The summed E-state index contributed by atoms with van der Waals surface area (Å²) < 4.78 is 18.0. The molecule has 0 aromatic rings. The molecule has 0 unspecified atom stereocenters. The van der Waals surface area contributed by atoms with Crippen molar-refractivity contribution in [1.29, 1.82) is 0 Å². The van der Waals surface area contributed by atoms with Gasteiger partial charge in [-0.1, -0.05) is 119 Å². The minimum atomic E-state index is -2.62. The van der Waals surface area contributed by atoms with Gasteiger partial charge in [0.1, 0.15) is 0 Å². The minimum absolute atomic E-state index is 0.774. The molecule has 0 aromatic heterocycles. The van der Waals surface area contributed by atoms with Gasteiger partial charge in [0.15, 0.2) is 0 Å². The smallest absolute Gasteiger partial charge is 0.328 e. The van der Waals surface area contributed by atoms with Gasteiger partial charge in [0.25, 0.3) is 0 Å². The number of unbranched alkanes of at least 4 members (excludes halogenated alkanes) is 9. The lowest BCUT2D eigenvalue weighted by atomic mass is 10.0. The first-order chi connectivity index (χ1) is 16.6. The van der Waals surface area contributed by atoms with Crippen LogP contribution in [0.1, 0.15) is 138 Å². The maximum Gasteiger partial charge on any atom is 0.332 e. The average Bonchev–Trinajstić information content (AvgIpc) is 2.75. The monoisotopic (exact) mass is 542 g/mol. The molecule has 214 valence electrons. The van der Waals surface area contributed by atoms with Gasteiger partial charge in [-0.15, -0.1) is 0 Å². The third kappa shape index (κ3) is 39.3. The summed E-state index contributed by atoms with van der Waals surface area (Å²) in [6, 6.07) is 0. The standard InChI is InChI=1S/C27H57O3P.H3O3P/c1-25(2)19-13-7-10-16-22-28-31(29-23-17-11-8-14-20-26(3)4)30-24-18-12-9-15-21-27(5)6;1-4(2)3/h25-27H,7-24H2,1-6H3;1-3H. The van der Waals surface area contributed by atoms with E-state index in [0.717, 1.165) is 56.8 Å². The van der Waals surface area contributed by atoms with Crippen molar-refractivity contribution in [2.75, 3.05) is 19.8 Å². The summed E-state index contributed by atoms with van der Waals surface area (Å²) >= 11 is 0. The second-order valence-electron chi connectivity index (χ2n) is 10.8. The molecule has 0 aliphatic carbocycles. The van der Waals surface area contributed by atoms with Crippen LogP contribution in [0.2, 0.25) is 0 Å². The molecule has 6 nitrogen and oxygen atoms in total. The van der Waals surface area contributed by atoms with Crippen molar-refractivity contribution >= 4 is 17.2 Å². The van der Waals surface area contributed by atoms with Crippen LogP contribution in [0.3, 0.4) is 0 Å². The fourth-order valence-corrected chi connectivity index (χ4v) is 4.61. The summed E-state index contributed by atoms with van der Waals surface area (Å²) in [7, 11) is -3.79. The molecule has 0 saturated carbocycles. The molecule has 0 heterocycles. The zero-order valence-electron chi connectivity index (χ0n) is 23.9. The van der Waals surface area contributed by atoms with Gasteiger partial charge in [-0.05, 0) is 37.0 Å². The highest BCUT2D eigenvalue weighted by molar-refractivity contribution is 7.41. The van der Waals surface area contributed by atoms with Crippen molar-refractivity contribution < 1.29 is 28.3 Å². The molecule has 3 N–H and O–H groups in total. The Kier molecular flexibility index (Phi) is 31.5. The van der Waals surface area contributed by atoms with Gasteiger partial charge in [0, 0.05) is 0 Å². The molecule has 0 bridgehead atoms. The largest absolute Gasteiger partial charge is 0.332 e. The first kappa shape index (κ1) is 37.8. The Morgan fingerprint density at radius 1 is 0.429 bits per heavy atom. The van der Waals surface area contributed by atoms with Crippen molar-refractivity contribution in [3.05, 3.63) is 0 Å². The Balaban J connectivity index is 0. The molecule has 0 spiro atoms. The molecule has 0 rings (SSSR count). The van der Waals surface area contributed by atoms with Crippen molar-refractivity contribution in [1.82, 2.24) is 0 Å². The average molecular weight is 543 g/mol. The van der Waals surface area contributed by atoms with E-state index in [1.165, 1.54) is 77.0 Å². The van der Waals surface area contributed by atoms with Crippen LogP contribution in [0.5, 0.6) is 0 Å². The van der Waals surface area contributed by atoms with Gasteiger partial charge in [-0.25, -0.2) is 0 Å². The molecule has 0 radical (unpaired) electrons. The van der Waals surface area contributed by atoms with Crippen LogP contribution in [0.4, 0.5) is 0 Å². The van der Waals surface area contributed by atoms with Gasteiger partial charge in [-0.3, -0.25) is 0 Å². The van der Waals surface area contributed by atoms with E-state index in [1.54, 1.807) is 0 Å². The zero-order valence-corrected chi connectivity index (χ0v) is 25.7. The summed E-state index contributed by atoms with van der Waals surface area (Å²) in [5.74, 6) is 2.46. The van der Waals surface area contributed by atoms with Gasteiger partial charge in [0.2, 0.25) is 0 Å². The first-order valence-corrected chi connectivity index (χ1v) is 16.5. The van der Waals surface area contributed by atoms with Crippen LogP contribution in [0, 0.1) is 17.8 Å². The number of rotatable bonds is 24. The van der Waals surface area contributed by atoms with E-state index in [-0.39, 0.29) is 0 Å². The first-order valence-electron chi connectivity index (χ1n) is 14.2. The molecule has 0 aromatic carbocycles. The van der Waals surface area contributed by atoms with E-state index in [2.05, 4.69) is 41.5 Å². The third-order valence-corrected chi connectivity index (χ3v) is 6.80. The van der Waals surface area contributed by atoms with Crippen LogP contribution >= 0.6 is 17.2 Å². The predicted octanol–water partition coefficient (Wildman–Crippen LogP) is 9.27. The lowest BCUT2D eigenvalue weighted by Gasteiger charge is -2.17. The van der Waals surface area contributed by atoms with Crippen molar-refractivity contribution in [3.8, 4) is 0 Å². The number of hydrogen-bond acceptors (Lipinski definition) is 6. The lowest BCUT2D eigenvalue weighted by Crippen LogP contribution is -2.01. The predicted molar refractivity (Wildman–Crippen MR) is 152 cm³/mol. The van der Waals surface area contributed by atoms with Crippen molar-refractivity contribution in [2.45, 2.75) is 138 Å². The molecule has 0 amide bonds. The Morgan fingerprint density at radius 3 is 0.886 bits per heavy atom. The lowest BCUT2D eigenvalue weighted by molar-refractivity contribution is 0.153. The molecule has 0 aliphatic heterocycles. The second-order valence-corrected chi connectivity index (χ2v) is 12.5. The Labute approximate surface area is 220 Å². The Bertz CT molecular complexity index is 343. The van der Waals surface area contributed by atoms with Gasteiger partial charge in [0.05, 0.1) is 19.8 Å². The summed E-state index contributed by atoms with van der Waals surface area (Å²) in [5, 5.41) is 0. The quantitative estimate of drug-likeness (QED) is 0.0832. The molecular weight excluding hydrogens is 482 g/mol. The Hall–Kier alpha value is 0.620. The summed E-state index contributed by atoms with van der Waals surface area (Å²) in [6.07, 6.45) is 19.1. The van der Waals surface area contributed by atoms with E-state index >= 15 is 0 Å². The molecule has 0 aliphatic rings. The fraction of sp³-hybridized carbons (Fsp3) is 1.00.